The van der Waals surface area contributed by atoms with Crippen LogP contribution in [0.15, 0.2) is 71.6 Å². The minimum absolute atomic E-state index is 0.0413. The second-order valence-electron chi connectivity index (χ2n) is 10.6. The summed E-state index contributed by atoms with van der Waals surface area (Å²) in [4.78, 5) is 28.4. The lowest BCUT2D eigenvalue weighted by molar-refractivity contribution is -0.140. The first-order valence-electron chi connectivity index (χ1n) is 13.0. The number of benzene rings is 3. The molecule has 1 atom stereocenters. The zero-order valence-electron chi connectivity index (χ0n) is 24.4. The van der Waals surface area contributed by atoms with Crippen LogP contribution in [0.3, 0.4) is 0 Å². The second kappa shape index (κ2) is 13.7. The summed E-state index contributed by atoms with van der Waals surface area (Å²) in [5, 5.41) is 3.81. The van der Waals surface area contributed by atoms with Gasteiger partial charge in [0.2, 0.25) is 11.8 Å². The predicted octanol–water partition coefficient (Wildman–Crippen LogP) is 5.54. The SMILES string of the molecule is COc1ccc(S(=O)(=O)N(CC(=O)N(Cc2ccc(Cl)cc2)C(C)C(=O)NC(C)(C)C)c2ccc(Cl)cc2)cc1OC. The number of carbonyl (C=O) groups is 2. The van der Waals surface area contributed by atoms with E-state index in [0.717, 1.165) is 4.31 Å². The predicted molar refractivity (Wildman–Crippen MR) is 165 cm³/mol. The maximum atomic E-state index is 14.1. The molecular formula is C30H35Cl2N3O6S. The van der Waals surface area contributed by atoms with E-state index in [1.165, 1.54) is 61.6 Å². The fraction of sp³-hybridized carbons (Fsp3) is 0.333. The monoisotopic (exact) mass is 635 g/mol. The molecule has 0 fully saturated rings. The van der Waals surface area contributed by atoms with Gasteiger partial charge in [-0.05, 0) is 81.8 Å². The minimum atomic E-state index is -4.32. The summed E-state index contributed by atoms with van der Waals surface area (Å²) in [6, 6.07) is 16.2. The number of amides is 2. The average molecular weight is 637 g/mol. The Bertz CT molecular complexity index is 1510. The van der Waals surface area contributed by atoms with Crippen molar-refractivity contribution < 1.29 is 27.5 Å². The number of methoxy groups -OCH3 is 2. The number of hydrogen-bond donors (Lipinski definition) is 1. The first-order chi connectivity index (χ1) is 19.7. The Hall–Kier alpha value is -3.47. The lowest BCUT2D eigenvalue weighted by atomic mass is 10.1. The molecule has 0 saturated carbocycles. The molecule has 0 saturated heterocycles. The van der Waals surface area contributed by atoms with Crippen LogP contribution in [-0.4, -0.2) is 57.5 Å². The molecule has 226 valence electrons. The molecule has 0 heterocycles. The molecule has 2 amide bonds. The standard InChI is InChI=1S/C30H35Cl2N3O6S/c1-20(29(37)33-30(2,3)4)34(18-21-7-9-22(31)10-8-21)28(36)19-35(24-13-11-23(32)12-14-24)42(38,39)25-15-16-26(40-5)27(17-25)41-6/h7-17,20H,18-19H2,1-6H3,(H,33,37). The molecule has 0 bridgehead atoms. The molecule has 3 rings (SSSR count). The van der Waals surface area contributed by atoms with E-state index < -0.39 is 34.1 Å². The molecule has 1 unspecified atom stereocenters. The van der Waals surface area contributed by atoms with E-state index in [9.17, 15) is 18.0 Å². The van der Waals surface area contributed by atoms with Crippen LogP contribution in [0.5, 0.6) is 11.5 Å². The molecule has 42 heavy (non-hydrogen) atoms. The topological polar surface area (TPSA) is 105 Å². The smallest absolute Gasteiger partial charge is 0.264 e. The summed E-state index contributed by atoms with van der Waals surface area (Å²) >= 11 is 12.1. The van der Waals surface area contributed by atoms with Gasteiger partial charge in [0, 0.05) is 28.2 Å². The van der Waals surface area contributed by atoms with Gasteiger partial charge >= 0.3 is 0 Å². The van der Waals surface area contributed by atoms with Gasteiger partial charge in [-0.25, -0.2) is 8.42 Å². The highest BCUT2D eigenvalue weighted by Gasteiger charge is 2.33. The van der Waals surface area contributed by atoms with Crippen LogP contribution in [0.2, 0.25) is 10.0 Å². The fourth-order valence-electron chi connectivity index (χ4n) is 4.08. The fourth-order valence-corrected chi connectivity index (χ4v) is 5.77. The van der Waals surface area contributed by atoms with Crippen molar-refractivity contribution in [3.8, 4) is 11.5 Å². The highest BCUT2D eigenvalue weighted by molar-refractivity contribution is 7.92. The van der Waals surface area contributed by atoms with Crippen molar-refractivity contribution in [2.75, 3.05) is 25.1 Å². The van der Waals surface area contributed by atoms with E-state index in [1.54, 1.807) is 31.2 Å². The van der Waals surface area contributed by atoms with E-state index in [-0.39, 0.29) is 28.8 Å². The van der Waals surface area contributed by atoms with E-state index in [0.29, 0.717) is 21.4 Å². The molecule has 12 heteroatoms. The maximum absolute atomic E-state index is 14.1. The summed E-state index contributed by atoms with van der Waals surface area (Å²) in [6.07, 6.45) is 0. The number of sulfonamides is 1. The van der Waals surface area contributed by atoms with Crippen LogP contribution >= 0.6 is 23.2 Å². The zero-order chi connectivity index (χ0) is 31.2. The third kappa shape index (κ3) is 8.30. The van der Waals surface area contributed by atoms with Crippen LogP contribution in [0, 0.1) is 0 Å². The summed E-state index contributed by atoms with van der Waals surface area (Å²) in [5.74, 6) is -0.428. The molecular weight excluding hydrogens is 601 g/mol. The highest BCUT2D eigenvalue weighted by Crippen LogP contribution is 2.32. The lowest BCUT2D eigenvalue weighted by Gasteiger charge is -2.33. The summed E-state index contributed by atoms with van der Waals surface area (Å²) in [6.45, 7) is 6.55. The van der Waals surface area contributed by atoms with Gasteiger partial charge in [0.25, 0.3) is 10.0 Å². The Labute approximate surface area is 257 Å². The Kier molecular flexibility index (Phi) is 10.8. The molecule has 0 aromatic heterocycles. The van der Waals surface area contributed by atoms with E-state index in [1.807, 2.05) is 20.8 Å². The van der Waals surface area contributed by atoms with Crippen LogP contribution in [0.4, 0.5) is 5.69 Å². The van der Waals surface area contributed by atoms with Crippen molar-refractivity contribution in [1.29, 1.82) is 0 Å². The number of ether oxygens (including phenoxy) is 2. The van der Waals surface area contributed by atoms with Crippen LogP contribution < -0.4 is 19.1 Å². The summed E-state index contributed by atoms with van der Waals surface area (Å²) in [5.41, 5.74) is 0.372. The number of carbonyl (C=O) groups excluding carboxylic acids is 2. The van der Waals surface area contributed by atoms with E-state index >= 15 is 0 Å². The van der Waals surface area contributed by atoms with Crippen molar-refractivity contribution in [2.24, 2.45) is 0 Å². The van der Waals surface area contributed by atoms with Crippen LogP contribution in [-0.2, 0) is 26.2 Å². The maximum Gasteiger partial charge on any atom is 0.264 e. The lowest BCUT2D eigenvalue weighted by Crippen LogP contribution is -2.54. The quantitative estimate of drug-likeness (QED) is 0.297. The summed E-state index contributed by atoms with van der Waals surface area (Å²) in [7, 11) is -1.48. The first-order valence-corrected chi connectivity index (χ1v) is 15.2. The Balaban J connectivity index is 2.07. The van der Waals surface area contributed by atoms with Crippen molar-refractivity contribution >= 4 is 50.7 Å². The van der Waals surface area contributed by atoms with Gasteiger partial charge < -0.3 is 19.7 Å². The molecule has 1 N–H and O–H groups in total. The molecule has 3 aromatic carbocycles. The number of anilines is 1. The van der Waals surface area contributed by atoms with Gasteiger partial charge in [0.1, 0.15) is 12.6 Å². The molecule has 0 radical (unpaired) electrons. The highest BCUT2D eigenvalue weighted by atomic mass is 35.5. The van der Waals surface area contributed by atoms with Gasteiger partial charge in [-0.1, -0.05) is 35.3 Å². The molecule has 0 spiro atoms. The average Bonchev–Trinajstić information content (AvgIpc) is 2.94. The van der Waals surface area contributed by atoms with Gasteiger partial charge in [-0.2, -0.15) is 0 Å². The number of rotatable bonds is 11. The largest absolute Gasteiger partial charge is 0.493 e. The molecule has 0 aliphatic rings. The van der Waals surface area contributed by atoms with E-state index in [2.05, 4.69) is 5.32 Å². The Morgan fingerprint density at radius 2 is 1.43 bits per heavy atom. The number of halogens is 2. The minimum Gasteiger partial charge on any atom is -0.493 e. The molecule has 0 aliphatic carbocycles. The van der Waals surface area contributed by atoms with Crippen molar-refractivity contribution in [3.63, 3.8) is 0 Å². The Morgan fingerprint density at radius 3 is 1.95 bits per heavy atom. The van der Waals surface area contributed by atoms with Gasteiger partial charge in [-0.15, -0.1) is 0 Å². The van der Waals surface area contributed by atoms with Gasteiger partial charge in [0.05, 0.1) is 24.8 Å². The molecule has 0 aliphatic heterocycles. The molecule has 9 nitrogen and oxygen atoms in total. The first kappa shape index (κ1) is 33.0. The van der Waals surface area contributed by atoms with E-state index in [4.69, 9.17) is 32.7 Å². The number of hydrogen-bond acceptors (Lipinski definition) is 6. The zero-order valence-corrected chi connectivity index (χ0v) is 26.7. The normalized spacial score (nSPS) is 12.3. The summed E-state index contributed by atoms with van der Waals surface area (Å²) < 4.78 is 39.7. The third-order valence-corrected chi connectivity index (χ3v) is 8.54. The second-order valence-corrected chi connectivity index (χ2v) is 13.3. The number of nitrogens with one attached hydrogen (secondary N) is 1. The Morgan fingerprint density at radius 1 is 0.881 bits per heavy atom. The van der Waals surface area contributed by atoms with Crippen molar-refractivity contribution in [1.82, 2.24) is 10.2 Å². The van der Waals surface area contributed by atoms with Crippen LogP contribution in [0.1, 0.15) is 33.3 Å². The van der Waals surface area contributed by atoms with Crippen molar-refractivity contribution in [3.05, 3.63) is 82.3 Å². The van der Waals surface area contributed by atoms with Crippen molar-refractivity contribution in [2.45, 2.75) is 50.7 Å². The molecule has 3 aromatic rings. The van der Waals surface area contributed by atoms with Gasteiger partial charge in [-0.3, -0.25) is 13.9 Å². The third-order valence-electron chi connectivity index (χ3n) is 6.27. The van der Waals surface area contributed by atoms with Crippen LogP contribution in [0.25, 0.3) is 0 Å². The number of nitrogens with zero attached hydrogens (tertiary/aromatic N) is 2. The van der Waals surface area contributed by atoms with Gasteiger partial charge in [0.15, 0.2) is 11.5 Å².